The van der Waals surface area contributed by atoms with Gasteiger partial charge in [0.05, 0.1) is 36.7 Å². The van der Waals surface area contributed by atoms with Gasteiger partial charge in [0.1, 0.15) is 24.2 Å². The molecule has 3 aliphatic rings. The number of fused-ring (bicyclic) bond motifs is 3. The fourth-order valence-electron chi connectivity index (χ4n) is 5.38. The number of pyridine rings is 2. The lowest BCUT2D eigenvalue weighted by atomic mass is 9.86. The third-order valence-corrected chi connectivity index (χ3v) is 7.24. The average Bonchev–Trinajstić information content (AvgIpc) is 3.38. The number of hydrogen-bond acceptors (Lipinski definition) is 9. The molecule has 3 saturated heterocycles. The molecule has 10 nitrogen and oxygen atoms in total. The molecule has 1 N–H and O–H groups in total. The molecule has 3 aliphatic heterocycles. The summed E-state index contributed by atoms with van der Waals surface area (Å²) in [5.41, 5.74) is 3.39. The van der Waals surface area contributed by atoms with Crippen molar-refractivity contribution in [1.82, 2.24) is 19.5 Å². The summed E-state index contributed by atoms with van der Waals surface area (Å²) in [4.78, 5) is 13.2. The molecule has 208 valence electrons. The number of rotatable bonds is 9. The molecule has 2 bridgehead atoms. The van der Waals surface area contributed by atoms with E-state index in [1.54, 1.807) is 23.8 Å². The molecule has 3 aromatic rings. The first-order valence-electron chi connectivity index (χ1n) is 13.1. The van der Waals surface area contributed by atoms with E-state index in [2.05, 4.69) is 32.5 Å². The predicted octanol–water partition coefficient (Wildman–Crippen LogP) is 3.37. The number of piperidine rings is 1. The summed E-state index contributed by atoms with van der Waals surface area (Å²) in [6, 6.07) is 8.69. The molecule has 0 saturated carbocycles. The van der Waals surface area contributed by atoms with Gasteiger partial charge in [-0.1, -0.05) is 6.58 Å². The topological polar surface area (TPSA) is 112 Å². The second-order valence-corrected chi connectivity index (χ2v) is 10.1. The number of nitrogens with zero attached hydrogens (tertiary/aromatic N) is 7. The number of ether oxygens (including phenoxy) is 2. The van der Waals surface area contributed by atoms with Gasteiger partial charge in [-0.3, -0.25) is 9.89 Å². The van der Waals surface area contributed by atoms with E-state index < -0.39 is 11.9 Å². The van der Waals surface area contributed by atoms with Gasteiger partial charge in [-0.25, -0.2) is 13.9 Å². The van der Waals surface area contributed by atoms with E-state index in [0.717, 1.165) is 36.5 Å². The van der Waals surface area contributed by atoms with E-state index in [-0.39, 0.29) is 12.5 Å². The SMILES string of the molecule is C=C(/C=C(/F)C(=NC)OC)CN1C2CC1CN(c1ccc(-c3cc(OC[C@@H](C)O)cn4ncc(C#N)c34)cn1)C2. The normalized spacial score (nSPS) is 20.1. The fourth-order valence-corrected chi connectivity index (χ4v) is 5.38. The van der Waals surface area contributed by atoms with Gasteiger partial charge < -0.3 is 19.5 Å². The molecule has 3 aromatic heterocycles. The third-order valence-electron chi connectivity index (χ3n) is 7.24. The zero-order chi connectivity index (χ0) is 28.4. The number of methoxy groups -OCH3 is 1. The van der Waals surface area contributed by atoms with Gasteiger partial charge >= 0.3 is 0 Å². The first-order valence-corrected chi connectivity index (χ1v) is 13.1. The van der Waals surface area contributed by atoms with Crippen molar-refractivity contribution in [3.8, 4) is 22.9 Å². The maximum absolute atomic E-state index is 14.3. The zero-order valence-corrected chi connectivity index (χ0v) is 22.8. The molecular weight excluding hydrogens is 513 g/mol. The van der Waals surface area contributed by atoms with Crippen LogP contribution in [0.1, 0.15) is 18.9 Å². The minimum Gasteiger partial charge on any atom is -0.489 e. The van der Waals surface area contributed by atoms with Crippen molar-refractivity contribution in [3.05, 3.63) is 66.4 Å². The minimum atomic E-state index is -0.617. The highest BCUT2D eigenvalue weighted by Crippen LogP contribution is 2.36. The van der Waals surface area contributed by atoms with E-state index in [9.17, 15) is 14.8 Å². The van der Waals surface area contributed by atoms with Crippen LogP contribution < -0.4 is 9.64 Å². The van der Waals surface area contributed by atoms with Gasteiger partial charge in [0.25, 0.3) is 0 Å². The van der Waals surface area contributed by atoms with Crippen molar-refractivity contribution < 1.29 is 19.0 Å². The predicted molar refractivity (Wildman–Crippen MR) is 150 cm³/mol. The smallest absolute Gasteiger partial charge is 0.245 e. The lowest BCUT2D eigenvalue weighted by molar-refractivity contribution is 0.00888. The summed E-state index contributed by atoms with van der Waals surface area (Å²) in [5, 5.41) is 23.5. The van der Waals surface area contributed by atoms with Crippen LogP contribution in [0.25, 0.3) is 16.6 Å². The highest BCUT2D eigenvalue weighted by Gasteiger charge is 2.44. The summed E-state index contributed by atoms with van der Waals surface area (Å²) in [5.74, 6) is 0.843. The number of piperazine rings is 1. The summed E-state index contributed by atoms with van der Waals surface area (Å²) < 4.78 is 26.6. The summed E-state index contributed by atoms with van der Waals surface area (Å²) >= 11 is 0. The maximum atomic E-state index is 14.3. The van der Waals surface area contributed by atoms with E-state index >= 15 is 0 Å². The molecule has 0 aliphatic carbocycles. The molecular formula is C29H32FN7O3. The van der Waals surface area contributed by atoms with Crippen LogP contribution >= 0.6 is 0 Å². The van der Waals surface area contributed by atoms with Crippen LogP contribution in [-0.4, -0.2) is 89.1 Å². The van der Waals surface area contributed by atoms with Gasteiger partial charge in [-0.2, -0.15) is 10.4 Å². The van der Waals surface area contributed by atoms with Gasteiger partial charge in [0.15, 0.2) is 5.83 Å². The molecule has 3 fully saturated rings. The quantitative estimate of drug-likeness (QED) is 0.248. The lowest BCUT2D eigenvalue weighted by Crippen LogP contribution is -2.69. The van der Waals surface area contributed by atoms with Crippen LogP contribution in [0, 0.1) is 11.3 Å². The van der Waals surface area contributed by atoms with Crippen molar-refractivity contribution in [2.45, 2.75) is 31.5 Å². The van der Waals surface area contributed by atoms with Crippen LogP contribution in [0.4, 0.5) is 10.2 Å². The Hall–Kier alpha value is -4.27. The number of aliphatic hydroxyl groups is 1. The second-order valence-electron chi connectivity index (χ2n) is 10.1. The number of aromatic nitrogens is 3. The highest BCUT2D eigenvalue weighted by atomic mass is 19.1. The van der Waals surface area contributed by atoms with E-state index in [4.69, 9.17) is 14.5 Å². The minimum absolute atomic E-state index is 0.0394. The lowest BCUT2D eigenvalue weighted by Gasteiger charge is -2.56. The van der Waals surface area contributed by atoms with Crippen molar-refractivity contribution in [1.29, 1.82) is 5.26 Å². The average molecular weight is 546 g/mol. The number of anilines is 1. The van der Waals surface area contributed by atoms with Crippen LogP contribution in [0.5, 0.6) is 5.75 Å². The molecule has 40 heavy (non-hydrogen) atoms. The first kappa shape index (κ1) is 27.3. The summed E-state index contributed by atoms with van der Waals surface area (Å²) in [6.07, 6.45) is 6.88. The third kappa shape index (κ3) is 5.41. The molecule has 0 spiro atoms. The Balaban J connectivity index is 1.29. The standard InChI is InChI=1S/C29H32FN7O3/c1-18(7-26(30)29(32-3)39-4)13-36-22-8-23(36)15-35(14-22)27-6-5-20(11-33-27)25-9-24(40-17-19(2)38)16-37-28(25)21(10-31)12-34-37/h5-7,9,11-12,16,19,22-23,38H,1,8,13-15,17H2,2-4H3/b26-7+,32-29?/t19-,22?,23?/m1/s1. The number of nitriles is 1. The van der Waals surface area contributed by atoms with E-state index in [0.29, 0.717) is 41.0 Å². The van der Waals surface area contributed by atoms with Crippen molar-refractivity contribution in [3.63, 3.8) is 0 Å². The monoisotopic (exact) mass is 545 g/mol. The highest BCUT2D eigenvalue weighted by molar-refractivity contribution is 5.91. The Bertz CT molecular complexity index is 1490. The Kier molecular flexibility index (Phi) is 7.82. The summed E-state index contributed by atoms with van der Waals surface area (Å²) in [6.45, 7) is 8.03. The molecule has 11 heteroatoms. The number of halogens is 1. The van der Waals surface area contributed by atoms with Crippen LogP contribution in [0.2, 0.25) is 0 Å². The van der Waals surface area contributed by atoms with Crippen molar-refractivity contribution in [2.75, 3.05) is 45.3 Å². The molecule has 0 aromatic carbocycles. The van der Waals surface area contributed by atoms with Gasteiger partial charge in [-0.05, 0) is 43.2 Å². The van der Waals surface area contributed by atoms with Crippen molar-refractivity contribution >= 4 is 17.2 Å². The Labute approximate surface area is 232 Å². The molecule has 3 atom stereocenters. The van der Waals surface area contributed by atoms with Crippen LogP contribution in [0.3, 0.4) is 0 Å². The Morgan fingerprint density at radius 3 is 2.75 bits per heavy atom. The first-order chi connectivity index (χ1) is 19.3. The molecule has 6 heterocycles. The number of aliphatic imine (C=N–C) groups is 1. The van der Waals surface area contributed by atoms with Crippen LogP contribution in [-0.2, 0) is 4.74 Å². The Morgan fingerprint density at radius 1 is 1.35 bits per heavy atom. The summed E-state index contributed by atoms with van der Waals surface area (Å²) in [7, 11) is 2.87. The van der Waals surface area contributed by atoms with Gasteiger partial charge in [0, 0.05) is 56.1 Å². The largest absolute Gasteiger partial charge is 0.489 e. The number of aliphatic hydroxyl groups excluding tert-OH is 1. The van der Waals surface area contributed by atoms with Crippen LogP contribution in [0.15, 0.2) is 65.8 Å². The van der Waals surface area contributed by atoms with Gasteiger partial charge in [-0.15, -0.1) is 0 Å². The molecule has 2 unspecified atom stereocenters. The van der Waals surface area contributed by atoms with E-state index in [1.807, 2.05) is 18.2 Å². The van der Waals surface area contributed by atoms with E-state index in [1.165, 1.54) is 26.4 Å². The maximum Gasteiger partial charge on any atom is 0.245 e. The molecule has 6 rings (SSSR count). The molecule has 0 radical (unpaired) electrons. The Morgan fingerprint density at radius 2 is 2.12 bits per heavy atom. The number of hydrogen-bond donors (Lipinski definition) is 1. The fraction of sp³-hybridized carbons (Fsp3) is 0.379. The van der Waals surface area contributed by atoms with Gasteiger partial charge in [0.2, 0.25) is 5.90 Å². The second kappa shape index (κ2) is 11.5. The molecule has 0 amide bonds. The van der Waals surface area contributed by atoms with Crippen molar-refractivity contribution in [2.24, 2.45) is 4.99 Å². The zero-order valence-electron chi connectivity index (χ0n) is 22.8.